The molecular weight excluding hydrogens is 430 g/mol. The van der Waals surface area contributed by atoms with E-state index >= 15 is 0 Å². The molecule has 4 rings (SSSR count). The molecule has 0 unspecified atom stereocenters. The van der Waals surface area contributed by atoms with Crippen molar-refractivity contribution < 1.29 is 19.4 Å². The summed E-state index contributed by atoms with van der Waals surface area (Å²) in [6, 6.07) is 16.7. The van der Waals surface area contributed by atoms with Gasteiger partial charge in [-0.15, -0.1) is 5.26 Å². The quantitative estimate of drug-likeness (QED) is 0.337. The van der Waals surface area contributed by atoms with Crippen molar-refractivity contribution in [1.29, 1.82) is 5.26 Å². The average molecular weight is 453 g/mol. The summed E-state index contributed by atoms with van der Waals surface area (Å²) in [5.41, 5.74) is 4.26. The van der Waals surface area contributed by atoms with Crippen LogP contribution in [0.5, 0.6) is 11.5 Å². The number of aliphatic carboxylic acids is 1. The van der Waals surface area contributed by atoms with Crippen molar-refractivity contribution in [1.82, 2.24) is 9.78 Å². The Labute approximate surface area is 197 Å². The number of benzene rings is 2. The Kier molecular flexibility index (Phi) is 7.21. The fourth-order valence-electron chi connectivity index (χ4n) is 3.58. The zero-order chi connectivity index (χ0) is 23.8. The van der Waals surface area contributed by atoms with Crippen LogP contribution in [0.3, 0.4) is 0 Å². The van der Waals surface area contributed by atoms with Gasteiger partial charge in [-0.1, -0.05) is 42.5 Å². The Morgan fingerprint density at radius 2 is 1.97 bits per heavy atom. The Bertz CT molecular complexity index is 1290. The van der Waals surface area contributed by atoms with Gasteiger partial charge in [0.15, 0.2) is 0 Å². The fourth-order valence-corrected chi connectivity index (χ4v) is 3.58. The molecule has 0 spiro atoms. The molecule has 1 aromatic heterocycles. The molecule has 170 valence electrons. The van der Waals surface area contributed by atoms with Crippen LogP contribution in [0.25, 0.3) is 22.5 Å². The lowest BCUT2D eigenvalue weighted by Gasteiger charge is -2.10. The number of carboxylic acids is 1. The summed E-state index contributed by atoms with van der Waals surface area (Å²) in [6.07, 6.45) is 13.3. The number of rotatable bonds is 9. The summed E-state index contributed by atoms with van der Waals surface area (Å²) >= 11 is 0. The molecule has 2 aromatic carbocycles. The zero-order valence-electron chi connectivity index (χ0n) is 18.4. The second-order valence-electron chi connectivity index (χ2n) is 7.54. The number of carbonyl (C=O) groups is 1. The van der Waals surface area contributed by atoms with Gasteiger partial charge in [0.05, 0.1) is 23.7 Å². The number of nitriles is 1. The predicted octanol–water partition coefficient (Wildman–Crippen LogP) is 5.54. The molecule has 1 aliphatic carbocycles. The number of nitrogens with zero attached hydrogens (tertiary/aromatic N) is 3. The van der Waals surface area contributed by atoms with Gasteiger partial charge in [0, 0.05) is 12.0 Å². The highest BCUT2D eigenvalue weighted by atomic mass is 16.5. The molecule has 0 saturated carbocycles. The van der Waals surface area contributed by atoms with Crippen LogP contribution in [0.4, 0.5) is 0 Å². The highest BCUT2D eigenvalue weighted by molar-refractivity contribution is 5.79. The first-order chi connectivity index (χ1) is 16.7. The predicted molar refractivity (Wildman–Crippen MR) is 128 cm³/mol. The third-order valence-corrected chi connectivity index (χ3v) is 5.19. The number of hydrogen-bond donors (Lipinski definition) is 1. The Hall–Kier alpha value is -4.57. The highest BCUT2D eigenvalue weighted by Gasteiger charge is 2.17. The van der Waals surface area contributed by atoms with Gasteiger partial charge in [-0.2, -0.15) is 5.10 Å². The lowest BCUT2D eigenvalue weighted by molar-refractivity contribution is -0.137. The van der Waals surface area contributed by atoms with Crippen LogP contribution in [0, 0.1) is 11.5 Å². The molecule has 0 saturated heterocycles. The van der Waals surface area contributed by atoms with Crippen molar-refractivity contribution in [3.05, 3.63) is 90.7 Å². The SMILES string of the molecule is N#COc1ccc(-n2nc(-c3ccccc3OCCCC(=O)O)cc2C2=CC=CCC=C2)cc1. The van der Waals surface area contributed by atoms with Crippen LogP contribution >= 0.6 is 0 Å². The van der Waals surface area contributed by atoms with Gasteiger partial charge in [0.1, 0.15) is 11.5 Å². The summed E-state index contributed by atoms with van der Waals surface area (Å²) in [4.78, 5) is 10.8. The summed E-state index contributed by atoms with van der Waals surface area (Å²) in [5, 5.41) is 22.5. The minimum atomic E-state index is -0.842. The van der Waals surface area contributed by atoms with Crippen molar-refractivity contribution in [3.63, 3.8) is 0 Å². The summed E-state index contributed by atoms with van der Waals surface area (Å²) < 4.78 is 12.7. The minimum absolute atomic E-state index is 0.0560. The van der Waals surface area contributed by atoms with Crippen molar-refractivity contribution in [3.8, 4) is 34.7 Å². The van der Waals surface area contributed by atoms with Crippen molar-refractivity contribution in [2.45, 2.75) is 19.3 Å². The standard InChI is InChI=1S/C27H23N3O4/c28-19-34-22-15-13-21(14-16-22)30-25(20-8-3-1-2-4-9-20)18-24(29-30)23-10-5-6-11-26(23)33-17-7-12-27(31)32/h1,3-6,8-11,13-16,18H,2,7,12,17H2,(H,31,32). The van der Waals surface area contributed by atoms with Gasteiger partial charge in [-0.25, -0.2) is 4.68 Å². The van der Waals surface area contributed by atoms with Gasteiger partial charge in [0.2, 0.25) is 0 Å². The van der Waals surface area contributed by atoms with Crippen LogP contribution in [-0.4, -0.2) is 27.5 Å². The molecule has 0 atom stereocenters. The Balaban J connectivity index is 1.73. The van der Waals surface area contributed by atoms with Crippen LogP contribution < -0.4 is 9.47 Å². The number of allylic oxidation sites excluding steroid dienone is 6. The van der Waals surface area contributed by atoms with Gasteiger partial charge in [-0.3, -0.25) is 4.79 Å². The second kappa shape index (κ2) is 10.8. The maximum Gasteiger partial charge on any atom is 0.303 e. The van der Waals surface area contributed by atoms with Gasteiger partial charge < -0.3 is 14.6 Å². The molecule has 0 aliphatic heterocycles. The summed E-state index contributed by atoms with van der Waals surface area (Å²) in [6.45, 7) is 0.302. The smallest absolute Gasteiger partial charge is 0.303 e. The molecule has 1 aliphatic rings. The molecule has 7 nitrogen and oxygen atoms in total. The Morgan fingerprint density at radius 3 is 2.76 bits per heavy atom. The van der Waals surface area contributed by atoms with Crippen LogP contribution in [0.2, 0.25) is 0 Å². The first-order valence-corrected chi connectivity index (χ1v) is 10.9. The van der Waals surface area contributed by atoms with Crippen molar-refractivity contribution in [2.24, 2.45) is 0 Å². The first-order valence-electron chi connectivity index (χ1n) is 10.9. The van der Waals surface area contributed by atoms with E-state index in [1.54, 1.807) is 18.4 Å². The first kappa shape index (κ1) is 22.6. The van der Waals surface area contributed by atoms with E-state index in [-0.39, 0.29) is 6.42 Å². The third-order valence-electron chi connectivity index (χ3n) is 5.19. The number of aromatic nitrogens is 2. The van der Waals surface area contributed by atoms with E-state index in [9.17, 15) is 4.79 Å². The summed E-state index contributed by atoms with van der Waals surface area (Å²) in [7, 11) is 0. The highest BCUT2D eigenvalue weighted by Crippen LogP contribution is 2.33. The number of hydrogen-bond acceptors (Lipinski definition) is 5. The monoisotopic (exact) mass is 453 g/mol. The minimum Gasteiger partial charge on any atom is -0.493 e. The molecule has 0 amide bonds. The van der Waals surface area contributed by atoms with E-state index in [1.165, 1.54) is 0 Å². The lowest BCUT2D eigenvalue weighted by Crippen LogP contribution is -2.03. The Morgan fingerprint density at radius 1 is 1.15 bits per heavy atom. The van der Waals surface area contributed by atoms with E-state index in [0.29, 0.717) is 24.5 Å². The van der Waals surface area contributed by atoms with Crippen LogP contribution in [0.1, 0.15) is 25.0 Å². The molecule has 1 heterocycles. The fraction of sp³-hybridized carbons (Fsp3) is 0.148. The number of ether oxygens (including phenoxy) is 2. The van der Waals surface area contributed by atoms with E-state index < -0.39 is 5.97 Å². The van der Waals surface area contributed by atoms with Gasteiger partial charge in [0.25, 0.3) is 6.26 Å². The molecule has 1 N–H and O–H groups in total. The van der Waals surface area contributed by atoms with E-state index in [0.717, 1.165) is 34.6 Å². The number of para-hydroxylation sites is 1. The van der Waals surface area contributed by atoms with Crippen molar-refractivity contribution >= 4 is 11.5 Å². The molecule has 0 fully saturated rings. The van der Waals surface area contributed by atoms with Crippen LogP contribution in [-0.2, 0) is 4.79 Å². The lowest BCUT2D eigenvalue weighted by atomic mass is 10.1. The van der Waals surface area contributed by atoms with Crippen molar-refractivity contribution in [2.75, 3.05) is 6.61 Å². The maximum absolute atomic E-state index is 10.8. The molecule has 0 radical (unpaired) electrons. The topological polar surface area (TPSA) is 97.4 Å². The normalized spacial score (nSPS) is 12.5. The van der Waals surface area contributed by atoms with Gasteiger partial charge in [-0.05, 0) is 60.9 Å². The molecule has 34 heavy (non-hydrogen) atoms. The van der Waals surface area contributed by atoms with E-state index in [1.807, 2.05) is 59.3 Å². The van der Waals surface area contributed by atoms with Crippen LogP contribution in [0.15, 0.2) is 85.0 Å². The van der Waals surface area contributed by atoms with E-state index in [4.69, 9.17) is 24.9 Å². The summed E-state index contributed by atoms with van der Waals surface area (Å²) in [5.74, 6) is 0.258. The molecule has 7 heteroatoms. The zero-order valence-corrected chi connectivity index (χ0v) is 18.4. The van der Waals surface area contributed by atoms with Gasteiger partial charge >= 0.3 is 5.97 Å². The second-order valence-corrected chi connectivity index (χ2v) is 7.54. The third kappa shape index (κ3) is 5.43. The maximum atomic E-state index is 10.8. The molecular formula is C27H23N3O4. The van der Waals surface area contributed by atoms with E-state index in [2.05, 4.69) is 18.2 Å². The average Bonchev–Trinajstić information content (AvgIpc) is 3.10. The molecule has 0 bridgehead atoms. The number of carboxylic acid groups (broad SMARTS) is 1. The molecule has 3 aromatic rings. The largest absolute Gasteiger partial charge is 0.493 e.